The number of anilines is 1. The topological polar surface area (TPSA) is 70.2 Å². The van der Waals surface area contributed by atoms with Gasteiger partial charge < -0.3 is 16.0 Å². The molecule has 0 heterocycles. The number of carbonyl (C=O) groups is 2. The van der Waals surface area contributed by atoms with Crippen LogP contribution in [0.25, 0.3) is 0 Å². The fourth-order valence-corrected chi connectivity index (χ4v) is 2.29. The van der Waals surface area contributed by atoms with Crippen LogP contribution < -0.4 is 16.0 Å². The number of carbonyl (C=O) groups excluding carboxylic acids is 2. The summed E-state index contributed by atoms with van der Waals surface area (Å²) in [6.45, 7) is 3.42. The highest BCUT2D eigenvalue weighted by molar-refractivity contribution is 5.95. The van der Waals surface area contributed by atoms with Crippen LogP contribution in [0.1, 0.15) is 35.7 Å². The molecule has 0 atom stereocenters. The van der Waals surface area contributed by atoms with Gasteiger partial charge in [-0.15, -0.1) is 0 Å². The van der Waals surface area contributed by atoms with Crippen LogP contribution in [0, 0.1) is 0 Å². The average molecular weight is 339 g/mol. The smallest absolute Gasteiger partial charge is 0.251 e. The fraction of sp³-hybridized carbons (Fsp3) is 0.300. The number of unbranched alkanes of at least 4 members (excludes halogenated alkanes) is 1. The first-order chi connectivity index (χ1) is 12.2. The Morgan fingerprint density at radius 1 is 0.960 bits per heavy atom. The van der Waals surface area contributed by atoms with Crippen LogP contribution in [0.2, 0.25) is 0 Å². The molecule has 0 bridgehead atoms. The van der Waals surface area contributed by atoms with Gasteiger partial charge in [0, 0.05) is 24.3 Å². The molecule has 0 aliphatic heterocycles. The number of amides is 2. The lowest BCUT2D eigenvalue weighted by Crippen LogP contribution is -2.29. The molecule has 0 aliphatic carbocycles. The van der Waals surface area contributed by atoms with E-state index in [1.165, 1.54) is 0 Å². The minimum Gasteiger partial charge on any atom is -0.376 e. The number of benzene rings is 2. The molecule has 5 heteroatoms. The molecule has 0 spiro atoms. The third-order valence-corrected chi connectivity index (χ3v) is 3.73. The number of hydrogen-bond acceptors (Lipinski definition) is 3. The summed E-state index contributed by atoms with van der Waals surface area (Å²) in [5.41, 5.74) is 2.39. The van der Waals surface area contributed by atoms with E-state index in [9.17, 15) is 9.59 Å². The van der Waals surface area contributed by atoms with Gasteiger partial charge in [-0.1, -0.05) is 49.7 Å². The van der Waals surface area contributed by atoms with Crippen molar-refractivity contribution in [3.63, 3.8) is 0 Å². The molecule has 132 valence electrons. The summed E-state index contributed by atoms with van der Waals surface area (Å²) in [5, 5.41) is 8.80. The van der Waals surface area contributed by atoms with Crippen molar-refractivity contribution in [3.8, 4) is 0 Å². The molecule has 5 nitrogen and oxygen atoms in total. The third-order valence-electron chi connectivity index (χ3n) is 3.73. The Labute approximate surface area is 148 Å². The standard InChI is InChI=1S/C20H25N3O2/c1-2-3-12-21-20(25)17-10-7-11-18(13-17)22-15-19(24)23-14-16-8-5-4-6-9-16/h4-11,13,22H,2-3,12,14-15H2,1H3,(H,21,25)(H,23,24). The van der Waals surface area contributed by atoms with E-state index >= 15 is 0 Å². The third kappa shape index (κ3) is 6.67. The van der Waals surface area contributed by atoms with Crippen molar-refractivity contribution in [1.29, 1.82) is 0 Å². The zero-order chi connectivity index (χ0) is 17.9. The summed E-state index contributed by atoms with van der Waals surface area (Å²) in [5.74, 6) is -0.188. The van der Waals surface area contributed by atoms with Crippen molar-refractivity contribution < 1.29 is 9.59 Å². The van der Waals surface area contributed by atoms with Gasteiger partial charge in [-0.3, -0.25) is 9.59 Å². The molecular formula is C20H25N3O2. The molecule has 0 radical (unpaired) electrons. The normalized spacial score (nSPS) is 10.1. The van der Waals surface area contributed by atoms with Crippen LogP contribution >= 0.6 is 0 Å². The summed E-state index contributed by atoms with van der Waals surface area (Å²) in [4.78, 5) is 24.0. The zero-order valence-corrected chi connectivity index (χ0v) is 14.5. The first kappa shape index (κ1) is 18.5. The summed E-state index contributed by atoms with van der Waals surface area (Å²) in [7, 11) is 0. The van der Waals surface area contributed by atoms with Crippen LogP contribution in [-0.2, 0) is 11.3 Å². The highest BCUT2D eigenvalue weighted by Gasteiger charge is 2.06. The Bertz CT molecular complexity index is 686. The molecule has 2 aromatic rings. The molecule has 0 aromatic heterocycles. The second-order valence-electron chi connectivity index (χ2n) is 5.81. The van der Waals surface area contributed by atoms with Gasteiger partial charge in [-0.05, 0) is 30.2 Å². The largest absolute Gasteiger partial charge is 0.376 e. The van der Waals surface area contributed by atoms with Gasteiger partial charge in [0.25, 0.3) is 5.91 Å². The van der Waals surface area contributed by atoms with Gasteiger partial charge in [-0.25, -0.2) is 0 Å². The summed E-state index contributed by atoms with van der Waals surface area (Å²) >= 11 is 0. The molecule has 2 aromatic carbocycles. The van der Waals surface area contributed by atoms with Crippen LogP contribution in [-0.4, -0.2) is 24.9 Å². The minimum absolute atomic E-state index is 0.0920. The number of rotatable bonds is 9. The molecule has 2 rings (SSSR count). The first-order valence-corrected chi connectivity index (χ1v) is 8.62. The average Bonchev–Trinajstić information content (AvgIpc) is 2.66. The van der Waals surface area contributed by atoms with Crippen molar-refractivity contribution in [2.24, 2.45) is 0 Å². The molecule has 2 amide bonds. The molecule has 0 unspecified atom stereocenters. The summed E-state index contributed by atoms with van der Waals surface area (Å²) < 4.78 is 0. The minimum atomic E-state index is -0.0957. The number of nitrogens with one attached hydrogen (secondary N) is 3. The van der Waals surface area contributed by atoms with Crippen LogP contribution in [0.3, 0.4) is 0 Å². The maximum Gasteiger partial charge on any atom is 0.251 e. The lowest BCUT2D eigenvalue weighted by Gasteiger charge is -2.10. The second-order valence-corrected chi connectivity index (χ2v) is 5.81. The van der Waals surface area contributed by atoms with Gasteiger partial charge >= 0.3 is 0 Å². The van der Waals surface area contributed by atoms with E-state index in [4.69, 9.17) is 0 Å². The summed E-state index contributed by atoms with van der Waals surface area (Å²) in [6, 6.07) is 16.9. The highest BCUT2D eigenvalue weighted by atomic mass is 16.2. The van der Waals surface area contributed by atoms with Gasteiger partial charge in [0.2, 0.25) is 5.91 Å². The summed E-state index contributed by atoms with van der Waals surface area (Å²) in [6.07, 6.45) is 2.01. The SMILES string of the molecule is CCCCNC(=O)c1cccc(NCC(=O)NCc2ccccc2)c1. The van der Waals surface area contributed by atoms with Crippen LogP contribution in [0.15, 0.2) is 54.6 Å². The van der Waals surface area contributed by atoms with Crippen LogP contribution in [0.4, 0.5) is 5.69 Å². The monoisotopic (exact) mass is 339 g/mol. The van der Waals surface area contributed by atoms with Crippen molar-refractivity contribution in [2.45, 2.75) is 26.3 Å². The van der Waals surface area contributed by atoms with Crippen LogP contribution in [0.5, 0.6) is 0 Å². The van der Waals surface area contributed by atoms with E-state index in [1.54, 1.807) is 18.2 Å². The molecule has 0 fully saturated rings. The van der Waals surface area contributed by atoms with Crippen molar-refractivity contribution in [1.82, 2.24) is 10.6 Å². The van der Waals surface area contributed by atoms with E-state index in [1.807, 2.05) is 36.4 Å². The molecule has 0 saturated carbocycles. The van der Waals surface area contributed by atoms with E-state index in [-0.39, 0.29) is 18.4 Å². The van der Waals surface area contributed by atoms with E-state index in [2.05, 4.69) is 22.9 Å². The molecule has 3 N–H and O–H groups in total. The van der Waals surface area contributed by atoms with Gasteiger partial charge in [0.1, 0.15) is 0 Å². The molecular weight excluding hydrogens is 314 g/mol. The predicted molar refractivity (Wildman–Crippen MR) is 100 cm³/mol. The fourth-order valence-electron chi connectivity index (χ4n) is 2.29. The van der Waals surface area contributed by atoms with Gasteiger partial charge in [0.15, 0.2) is 0 Å². The Morgan fingerprint density at radius 2 is 1.76 bits per heavy atom. The van der Waals surface area contributed by atoms with Gasteiger partial charge in [-0.2, -0.15) is 0 Å². The Balaban J connectivity index is 1.79. The van der Waals surface area contributed by atoms with Crippen molar-refractivity contribution in [3.05, 3.63) is 65.7 Å². The Hall–Kier alpha value is -2.82. The lowest BCUT2D eigenvalue weighted by molar-refractivity contribution is -0.119. The molecule has 0 aliphatic rings. The number of hydrogen-bond donors (Lipinski definition) is 3. The van der Waals surface area contributed by atoms with Gasteiger partial charge in [0.05, 0.1) is 6.54 Å². The molecule has 0 saturated heterocycles. The lowest BCUT2D eigenvalue weighted by atomic mass is 10.2. The maximum atomic E-state index is 12.1. The maximum absolute atomic E-state index is 12.1. The van der Waals surface area contributed by atoms with E-state index < -0.39 is 0 Å². The Kier molecular flexibility index (Phi) is 7.50. The second kappa shape index (κ2) is 10.1. The van der Waals surface area contributed by atoms with Crippen molar-refractivity contribution in [2.75, 3.05) is 18.4 Å². The van der Waals surface area contributed by atoms with E-state index in [0.717, 1.165) is 24.1 Å². The quantitative estimate of drug-likeness (QED) is 0.615. The Morgan fingerprint density at radius 3 is 2.52 bits per heavy atom. The van der Waals surface area contributed by atoms with Crippen molar-refractivity contribution >= 4 is 17.5 Å². The van der Waals surface area contributed by atoms with E-state index in [0.29, 0.717) is 18.7 Å². The first-order valence-electron chi connectivity index (χ1n) is 8.62. The highest BCUT2D eigenvalue weighted by Crippen LogP contribution is 2.10. The molecule has 25 heavy (non-hydrogen) atoms. The predicted octanol–water partition coefficient (Wildman–Crippen LogP) is 2.94. The zero-order valence-electron chi connectivity index (χ0n) is 14.5.